The van der Waals surface area contributed by atoms with Gasteiger partial charge in [-0.1, -0.05) is 11.6 Å². The van der Waals surface area contributed by atoms with Crippen LogP contribution in [0.5, 0.6) is 0 Å². The van der Waals surface area contributed by atoms with Crippen molar-refractivity contribution >= 4 is 17.5 Å². The number of piperazine rings is 1. The number of hydrogen-bond acceptors (Lipinski definition) is 2. The Morgan fingerprint density at radius 1 is 1.29 bits per heavy atom. The van der Waals surface area contributed by atoms with Crippen LogP contribution in [0.25, 0.3) is 0 Å². The zero-order valence-electron chi connectivity index (χ0n) is 9.62. The molecule has 0 saturated carbocycles. The predicted octanol–water partition coefficient (Wildman–Crippen LogP) is 1.87. The van der Waals surface area contributed by atoms with E-state index in [1.807, 2.05) is 7.05 Å². The number of carbonyl (C=O) groups excluding carboxylic acids is 1. The standard InChI is InChI=1S/C12H14ClFN2O/c1-15-4-6-16(7-5-15)12(17)9-2-3-11(14)10(13)8-9/h2-3,8H,4-7H2,1H3. The molecule has 92 valence electrons. The van der Waals surface area contributed by atoms with Crippen LogP contribution in [0, 0.1) is 5.82 Å². The number of hydrogen-bond donors (Lipinski definition) is 0. The molecule has 0 aliphatic carbocycles. The fourth-order valence-corrected chi connectivity index (χ4v) is 2.00. The van der Waals surface area contributed by atoms with Gasteiger partial charge < -0.3 is 9.80 Å². The van der Waals surface area contributed by atoms with Crippen LogP contribution < -0.4 is 0 Å². The number of rotatable bonds is 1. The fourth-order valence-electron chi connectivity index (χ4n) is 1.82. The van der Waals surface area contributed by atoms with Crippen LogP contribution >= 0.6 is 11.6 Å². The third-order valence-corrected chi connectivity index (χ3v) is 3.25. The van der Waals surface area contributed by atoms with Gasteiger partial charge in [0, 0.05) is 31.7 Å². The lowest BCUT2D eigenvalue weighted by Gasteiger charge is -2.32. The van der Waals surface area contributed by atoms with Gasteiger partial charge in [0.2, 0.25) is 0 Å². The molecule has 17 heavy (non-hydrogen) atoms. The summed E-state index contributed by atoms with van der Waals surface area (Å²) in [6.45, 7) is 3.12. The highest BCUT2D eigenvalue weighted by Crippen LogP contribution is 2.17. The van der Waals surface area contributed by atoms with Gasteiger partial charge in [-0.15, -0.1) is 0 Å². The first kappa shape index (κ1) is 12.3. The molecule has 0 N–H and O–H groups in total. The molecular formula is C12H14ClFN2O. The van der Waals surface area contributed by atoms with E-state index >= 15 is 0 Å². The van der Waals surface area contributed by atoms with Crippen LogP contribution in [-0.4, -0.2) is 48.9 Å². The molecule has 0 atom stereocenters. The van der Waals surface area contributed by atoms with Crippen molar-refractivity contribution in [3.05, 3.63) is 34.6 Å². The smallest absolute Gasteiger partial charge is 0.253 e. The summed E-state index contributed by atoms with van der Waals surface area (Å²) >= 11 is 5.67. The zero-order chi connectivity index (χ0) is 12.4. The minimum atomic E-state index is -0.499. The maximum absolute atomic E-state index is 13.0. The molecule has 1 aromatic carbocycles. The Morgan fingerprint density at radius 3 is 2.53 bits per heavy atom. The second-order valence-electron chi connectivity index (χ2n) is 4.22. The Hall–Kier alpha value is -1.13. The van der Waals surface area contributed by atoms with Gasteiger partial charge >= 0.3 is 0 Å². The van der Waals surface area contributed by atoms with Gasteiger partial charge in [0.05, 0.1) is 5.02 Å². The first-order valence-corrected chi connectivity index (χ1v) is 5.88. The largest absolute Gasteiger partial charge is 0.336 e. The summed E-state index contributed by atoms with van der Waals surface area (Å²) in [6.07, 6.45) is 0. The number of amides is 1. The molecule has 2 rings (SSSR count). The van der Waals surface area contributed by atoms with E-state index < -0.39 is 5.82 Å². The summed E-state index contributed by atoms with van der Waals surface area (Å²) in [4.78, 5) is 16.0. The number of likely N-dealkylation sites (N-methyl/N-ethyl adjacent to an activating group) is 1. The van der Waals surface area contributed by atoms with Gasteiger partial charge in [-0.05, 0) is 25.2 Å². The van der Waals surface area contributed by atoms with Crippen molar-refractivity contribution in [3.8, 4) is 0 Å². The molecule has 1 aliphatic rings. The summed E-state index contributed by atoms with van der Waals surface area (Å²) in [5.74, 6) is -0.582. The second-order valence-corrected chi connectivity index (χ2v) is 4.63. The summed E-state index contributed by atoms with van der Waals surface area (Å²) in [5, 5.41) is -0.00928. The van der Waals surface area contributed by atoms with Crippen LogP contribution in [0.4, 0.5) is 4.39 Å². The lowest BCUT2D eigenvalue weighted by molar-refractivity contribution is 0.0664. The lowest BCUT2D eigenvalue weighted by atomic mass is 10.2. The van der Waals surface area contributed by atoms with E-state index in [1.54, 1.807) is 4.90 Å². The molecule has 0 radical (unpaired) electrons. The monoisotopic (exact) mass is 256 g/mol. The Labute approximate surface area is 105 Å². The van der Waals surface area contributed by atoms with Gasteiger partial charge in [-0.3, -0.25) is 4.79 Å². The first-order valence-electron chi connectivity index (χ1n) is 5.51. The van der Waals surface area contributed by atoms with Crippen molar-refractivity contribution < 1.29 is 9.18 Å². The Bertz CT molecular complexity index is 431. The predicted molar refractivity (Wildman–Crippen MR) is 64.8 cm³/mol. The molecule has 1 amide bonds. The Morgan fingerprint density at radius 2 is 1.94 bits per heavy atom. The van der Waals surface area contributed by atoms with E-state index in [1.165, 1.54) is 18.2 Å². The molecule has 0 aromatic heterocycles. The molecule has 0 unspecified atom stereocenters. The van der Waals surface area contributed by atoms with Crippen molar-refractivity contribution in [1.82, 2.24) is 9.80 Å². The fraction of sp³-hybridized carbons (Fsp3) is 0.417. The number of nitrogens with zero attached hydrogens (tertiary/aromatic N) is 2. The van der Waals surface area contributed by atoms with Crippen molar-refractivity contribution in [2.24, 2.45) is 0 Å². The summed E-state index contributed by atoms with van der Waals surface area (Å²) in [5.41, 5.74) is 0.445. The van der Waals surface area contributed by atoms with Crippen molar-refractivity contribution in [1.29, 1.82) is 0 Å². The van der Waals surface area contributed by atoms with E-state index in [-0.39, 0.29) is 10.9 Å². The molecule has 0 spiro atoms. The van der Waals surface area contributed by atoms with E-state index in [2.05, 4.69) is 4.90 Å². The van der Waals surface area contributed by atoms with E-state index in [9.17, 15) is 9.18 Å². The molecular weight excluding hydrogens is 243 g/mol. The molecule has 0 bridgehead atoms. The quantitative estimate of drug-likeness (QED) is 0.766. The Balaban J connectivity index is 2.11. The van der Waals surface area contributed by atoms with Crippen LogP contribution in [0.3, 0.4) is 0 Å². The highest BCUT2D eigenvalue weighted by atomic mass is 35.5. The van der Waals surface area contributed by atoms with Gasteiger partial charge in [-0.25, -0.2) is 4.39 Å². The highest BCUT2D eigenvalue weighted by molar-refractivity contribution is 6.31. The maximum atomic E-state index is 13.0. The topological polar surface area (TPSA) is 23.6 Å². The van der Waals surface area contributed by atoms with Crippen molar-refractivity contribution in [2.45, 2.75) is 0 Å². The van der Waals surface area contributed by atoms with Crippen LogP contribution in [-0.2, 0) is 0 Å². The van der Waals surface area contributed by atoms with Gasteiger partial charge in [0.25, 0.3) is 5.91 Å². The third-order valence-electron chi connectivity index (χ3n) is 2.96. The molecule has 1 aromatic rings. The van der Waals surface area contributed by atoms with E-state index in [4.69, 9.17) is 11.6 Å². The molecule has 3 nitrogen and oxygen atoms in total. The van der Waals surface area contributed by atoms with Crippen LogP contribution in [0.15, 0.2) is 18.2 Å². The minimum absolute atomic E-state index is 0.00928. The molecule has 1 saturated heterocycles. The summed E-state index contributed by atoms with van der Waals surface area (Å²) in [7, 11) is 2.02. The average Bonchev–Trinajstić information content (AvgIpc) is 2.33. The zero-order valence-corrected chi connectivity index (χ0v) is 10.4. The summed E-state index contributed by atoms with van der Waals surface area (Å²) in [6, 6.07) is 4.09. The molecule has 5 heteroatoms. The lowest BCUT2D eigenvalue weighted by Crippen LogP contribution is -2.47. The van der Waals surface area contributed by atoms with Crippen LogP contribution in [0.2, 0.25) is 5.02 Å². The summed E-state index contributed by atoms with van der Waals surface area (Å²) < 4.78 is 13.0. The normalized spacial score (nSPS) is 17.2. The van der Waals surface area contributed by atoms with Crippen molar-refractivity contribution in [3.63, 3.8) is 0 Å². The molecule has 1 heterocycles. The second kappa shape index (κ2) is 5.02. The first-order chi connectivity index (χ1) is 8.08. The van der Waals surface area contributed by atoms with E-state index in [0.29, 0.717) is 18.7 Å². The highest BCUT2D eigenvalue weighted by Gasteiger charge is 2.20. The van der Waals surface area contributed by atoms with Gasteiger partial charge in [0.15, 0.2) is 0 Å². The number of carbonyl (C=O) groups is 1. The number of halogens is 2. The molecule has 1 aliphatic heterocycles. The average molecular weight is 257 g/mol. The molecule has 1 fully saturated rings. The minimum Gasteiger partial charge on any atom is -0.336 e. The third kappa shape index (κ3) is 2.76. The van der Waals surface area contributed by atoms with Gasteiger partial charge in [-0.2, -0.15) is 0 Å². The van der Waals surface area contributed by atoms with Crippen LogP contribution in [0.1, 0.15) is 10.4 Å². The maximum Gasteiger partial charge on any atom is 0.253 e. The Kier molecular flexibility index (Phi) is 3.64. The van der Waals surface area contributed by atoms with E-state index in [0.717, 1.165) is 13.1 Å². The van der Waals surface area contributed by atoms with Gasteiger partial charge in [0.1, 0.15) is 5.82 Å². The number of benzene rings is 1. The van der Waals surface area contributed by atoms with Crippen molar-refractivity contribution in [2.75, 3.05) is 33.2 Å². The SMILES string of the molecule is CN1CCN(C(=O)c2ccc(F)c(Cl)c2)CC1.